The third-order valence-electron chi connectivity index (χ3n) is 3.98. The molecule has 1 fully saturated rings. The Hall–Kier alpha value is -2.44. The molecule has 0 aliphatic heterocycles. The molecule has 2 N–H and O–H groups in total. The van der Waals surface area contributed by atoms with Crippen molar-refractivity contribution in [2.24, 2.45) is 5.92 Å². The molecule has 0 spiro atoms. The van der Waals surface area contributed by atoms with Gasteiger partial charge in [-0.15, -0.1) is 0 Å². The fraction of sp³-hybridized carbons (Fsp3) is 0.529. The van der Waals surface area contributed by atoms with Crippen LogP contribution in [-0.2, 0) is 4.79 Å². The molecule has 2 aromatic heterocycles. The van der Waals surface area contributed by atoms with Gasteiger partial charge < -0.3 is 10.6 Å². The Morgan fingerprint density at radius 3 is 2.67 bits per heavy atom. The van der Waals surface area contributed by atoms with Gasteiger partial charge in [0.25, 0.3) is 0 Å². The monoisotopic (exact) mass is 328 g/mol. The van der Waals surface area contributed by atoms with E-state index in [0.29, 0.717) is 31.3 Å². The van der Waals surface area contributed by atoms with Crippen molar-refractivity contribution in [2.45, 2.75) is 40.0 Å². The fourth-order valence-corrected chi connectivity index (χ4v) is 2.66. The number of amides is 1. The Kier molecular flexibility index (Phi) is 4.78. The Bertz CT molecular complexity index is 735. The molecule has 2 heterocycles. The molecule has 2 aromatic rings. The molecule has 1 aliphatic carbocycles. The molecule has 3 rings (SSSR count). The average Bonchev–Trinajstić information content (AvgIpc) is 3.25. The average molecular weight is 328 g/mol. The van der Waals surface area contributed by atoms with Crippen molar-refractivity contribution in [3.8, 4) is 5.82 Å². The van der Waals surface area contributed by atoms with Crippen molar-refractivity contribution >= 4 is 11.7 Å². The number of carbonyl (C=O) groups is 1. The molecule has 0 bridgehead atoms. The maximum absolute atomic E-state index is 11.7. The van der Waals surface area contributed by atoms with E-state index in [0.717, 1.165) is 23.0 Å². The fourth-order valence-electron chi connectivity index (χ4n) is 2.66. The molecule has 1 saturated carbocycles. The predicted molar refractivity (Wildman–Crippen MR) is 92.2 cm³/mol. The number of hydrogen-bond acceptors (Lipinski definition) is 5. The summed E-state index contributed by atoms with van der Waals surface area (Å²) in [5.74, 6) is 2.92. The SMILES string of the molecule is Cc1cc(C)n(-c2cc(NCCNC(=O)CC3CC3)nc(C)n2)n1. The lowest BCUT2D eigenvalue weighted by Gasteiger charge is -2.10. The normalized spacial score (nSPS) is 13.8. The van der Waals surface area contributed by atoms with Gasteiger partial charge in [-0.25, -0.2) is 14.6 Å². The van der Waals surface area contributed by atoms with Gasteiger partial charge in [0.15, 0.2) is 5.82 Å². The topological polar surface area (TPSA) is 84.7 Å². The molecular weight excluding hydrogens is 304 g/mol. The Morgan fingerprint density at radius 1 is 1.21 bits per heavy atom. The quantitative estimate of drug-likeness (QED) is 0.759. The third kappa shape index (κ3) is 4.31. The lowest BCUT2D eigenvalue weighted by Crippen LogP contribution is -2.29. The minimum Gasteiger partial charge on any atom is -0.368 e. The van der Waals surface area contributed by atoms with Crippen molar-refractivity contribution < 1.29 is 4.79 Å². The molecular formula is C17H24N6O. The number of nitrogens with one attached hydrogen (secondary N) is 2. The van der Waals surface area contributed by atoms with Crippen molar-refractivity contribution in [3.63, 3.8) is 0 Å². The summed E-state index contributed by atoms with van der Waals surface area (Å²) >= 11 is 0. The summed E-state index contributed by atoms with van der Waals surface area (Å²) in [6.45, 7) is 7.03. The van der Waals surface area contributed by atoms with Crippen LogP contribution < -0.4 is 10.6 Å². The third-order valence-corrected chi connectivity index (χ3v) is 3.98. The van der Waals surface area contributed by atoms with Crippen LogP contribution in [0.3, 0.4) is 0 Å². The molecule has 0 radical (unpaired) electrons. The van der Waals surface area contributed by atoms with Crippen LogP contribution in [0.15, 0.2) is 12.1 Å². The molecule has 7 nitrogen and oxygen atoms in total. The molecule has 0 aromatic carbocycles. The summed E-state index contributed by atoms with van der Waals surface area (Å²) in [6, 6.07) is 3.89. The summed E-state index contributed by atoms with van der Waals surface area (Å²) in [5.41, 5.74) is 1.99. The Balaban J connectivity index is 1.57. The second-order valence-electron chi connectivity index (χ2n) is 6.42. The van der Waals surface area contributed by atoms with Crippen LogP contribution in [0.25, 0.3) is 5.82 Å². The van der Waals surface area contributed by atoms with Crippen LogP contribution in [-0.4, -0.2) is 38.7 Å². The van der Waals surface area contributed by atoms with E-state index in [1.807, 2.05) is 37.6 Å². The molecule has 0 atom stereocenters. The molecule has 1 aliphatic rings. The highest BCUT2D eigenvalue weighted by Gasteiger charge is 2.23. The maximum Gasteiger partial charge on any atom is 0.220 e. The zero-order valence-electron chi connectivity index (χ0n) is 14.5. The largest absolute Gasteiger partial charge is 0.368 e. The van der Waals surface area contributed by atoms with Crippen LogP contribution in [0.4, 0.5) is 5.82 Å². The van der Waals surface area contributed by atoms with Gasteiger partial charge in [-0.2, -0.15) is 5.10 Å². The summed E-state index contributed by atoms with van der Waals surface area (Å²) in [7, 11) is 0. The number of nitrogens with zero attached hydrogens (tertiary/aromatic N) is 4. The van der Waals surface area contributed by atoms with E-state index in [1.165, 1.54) is 12.8 Å². The Morgan fingerprint density at radius 2 is 2.00 bits per heavy atom. The van der Waals surface area contributed by atoms with E-state index < -0.39 is 0 Å². The van der Waals surface area contributed by atoms with Crippen LogP contribution >= 0.6 is 0 Å². The number of anilines is 1. The molecule has 0 saturated heterocycles. The maximum atomic E-state index is 11.7. The van der Waals surface area contributed by atoms with E-state index in [9.17, 15) is 4.79 Å². The first-order chi connectivity index (χ1) is 11.5. The van der Waals surface area contributed by atoms with E-state index >= 15 is 0 Å². The molecule has 128 valence electrons. The first kappa shape index (κ1) is 16.4. The highest BCUT2D eigenvalue weighted by atomic mass is 16.1. The minimum absolute atomic E-state index is 0.140. The van der Waals surface area contributed by atoms with Gasteiger partial charge >= 0.3 is 0 Å². The lowest BCUT2D eigenvalue weighted by atomic mass is 10.3. The standard InChI is InChI=1S/C17H24N6O/c1-11-8-12(2)23(22-11)16-10-15(20-13(3)21-16)18-6-7-19-17(24)9-14-4-5-14/h8,10,14H,4-7,9H2,1-3H3,(H,19,24)(H,18,20,21). The number of aryl methyl sites for hydroxylation is 3. The van der Waals surface area contributed by atoms with Crippen molar-refractivity contribution in [1.82, 2.24) is 25.1 Å². The van der Waals surface area contributed by atoms with Crippen LogP contribution in [0.1, 0.15) is 36.5 Å². The summed E-state index contributed by atoms with van der Waals surface area (Å²) in [4.78, 5) is 20.5. The van der Waals surface area contributed by atoms with Crippen molar-refractivity contribution in [3.05, 3.63) is 29.3 Å². The molecule has 7 heteroatoms. The number of rotatable bonds is 7. The van der Waals surface area contributed by atoms with Gasteiger partial charge in [0, 0.05) is 31.3 Å². The van der Waals surface area contributed by atoms with E-state index in [-0.39, 0.29) is 5.91 Å². The lowest BCUT2D eigenvalue weighted by molar-refractivity contribution is -0.121. The second kappa shape index (κ2) is 6.98. The van der Waals surface area contributed by atoms with E-state index in [1.54, 1.807) is 0 Å². The second-order valence-corrected chi connectivity index (χ2v) is 6.42. The van der Waals surface area contributed by atoms with E-state index in [2.05, 4.69) is 25.7 Å². The van der Waals surface area contributed by atoms with Gasteiger partial charge in [0.1, 0.15) is 11.6 Å². The number of carbonyl (C=O) groups excluding carboxylic acids is 1. The van der Waals surface area contributed by atoms with Gasteiger partial charge in [-0.3, -0.25) is 4.79 Å². The zero-order chi connectivity index (χ0) is 17.1. The summed E-state index contributed by atoms with van der Waals surface area (Å²) in [5, 5.41) is 10.6. The molecule has 24 heavy (non-hydrogen) atoms. The number of aromatic nitrogens is 4. The number of hydrogen-bond donors (Lipinski definition) is 2. The van der Waals surface area contributed by atoms with Gasteiger partial charge in [-0.05, 0) is 45.6 Å². The van der Waals surface area contributed by atoms with Gasteiger partial charge in [0.2, 0.25) is 5.91 Å². The van der Waals surface area contributed by atoms with Crippen LogP contribution in [0, 0.1) is 26.7 Å². The smallest absolute Gasteiger partial charge is 0.220 e. The summed E-state index contributed by atoms with van der Waals surface area (Å²) in [6.07, 6.45) is 3.05. The minimum atomic E-state index is 0.140. The first-order valence-corrected chi connectivity index (χ1v) is 8.41. The summed E-state index contributed by atoms with van der Waals surface area (Å²) < 4.78 is 1.81. The highest BCUT2D eigenvalue weighted by molar-refractivity contribution is 5.76. The molecule has 1 amide bonds. The van der Waals surface area contributed by atoms with Gasteiger partial charge in [-0.1, -0.05) is 0 Å². The Labute approximate surface area is 141 Å². The predicted octanol–water partition coefficient (Wildman–Crippen LogP) is 1.92. The van der Waals surface area contributed by atoms with Gasteiger partial charge in [0.05, 0.1) is 5.69 Å². The van der Waals surface area contributed by atoms with Crippen LogP contribution in [0.5, 0.6) is 0 Å². The van der Waals surface area contributed by atoms with E-state index in [4.69, 9.17) is 0 Å². The first-order valence-electron chi connectivity index (χ1n) is 8.41. The highest BCUT2D eigenvalue weighted by Crippen LogP contribution is 2.31. The van der Waals surface area contributed by atoms with Crippen molar-refractivity contribution in [1.29, 1.82) is 0 Å². The van der Waals surface area contributed by atoms with Crippen molar-refractivity contribution in [2.75, 3.05) is 18.4 Å². The zero-order valence-corrected chi connectivity index (χ0v) is 14.5. The van der Waals surface area contributed by atoms with Crippen LogP contribution in [0.2, 0.25) is 0 Å². The molecule has 0 unspecified atom stereocenters.